The molecule has 18 heteroatoms. The maximum atomic E-state index is 11.9. The molecule has 0 bridgehead atoms. The van der Waals surface area contributed by atoms with Gasteiger partial charge in [-0.1, -0.05) is 0 Å². The van der Waals surface area contributed by atoms with Crippen molar-refractivity contribution in [2.24, 2.45) is 5.73 Å². The van der Waals surface area contributed by atoms with E-state index in [-0.39, 0.29) is 63.0 Å². The van der Waals surface area contributed by atoms with Crippen LogP contribution in [0.25, 0.3) is 0 Å². The van der Waals surface area contributed by atoms with Crippen molar-refractivity contribution in [3.63, 3.8) is 0 Å². The lowest BCUT2D eigenvalue weighted by Gasteiger charge is -2.18. The van der Waals surface area contributed by atoms with E-state index in [1.807, 2.05) is 0 Å². The van der Waals surface area contributed by atoms with Gasteiger partial charge in [0, 0.05) is 13.0 Å². The SMILES string of the molecule is NC(=O)c1c(OC(=O)COCCOCCNC(=O)CCCC(CON(O)O)ON(O)O)ccc(N)c1O. The number of carbonyl (C=O) groups excluding carboxylic acids is 3. The Morgan fingerprint density at radius 3 is 2.38 bits per heavy atom. The lowest BCUT2D eigenvalue weighted by atomic mass is 10.1. The monoisotopic (exact) mass is 537 g/mol. The number of aromatic hydroxyl groups is 1. The largest absolute Gasteiger partial charge is 0.505 e. The van der Waals surface area contributed by atoms with Crippen LogP contribution in [-0.2, 0) is 28.7 Å². The minimum atomic E-state index is -1.03. The summed E-state index contributed by atoms with van der Waals surface area (Å²) in [6.07, 6.45) is -0.535. The van der Waals surface area contributed by atoms with Crippen molar-refractivity contribution >= 4 is 23.5 Å². The molecular weight excluding hydrogens is 506 g/mol. The van der Waals surface area contributed by atoms with Crippen LogP contribution in [0.3, 0.4) is 0 Å². The van der Waals surface area contributed by atoms with Gasteiger partial charge < -0.3 is 36.1 Å². The van der Waals surface area contributed by atoms with E-state index in [1.54, 1.807) is 0 Å². The second-order valence-electron chi connectivity index (χ2n) is 7.15. The summed E-state index contributed by atoms with van der Waals surface area (Å²) in [4.78, 5) is 44.0. The van der Waals surface area contributed by atoms with Crippen molar-refractivity contribution in [1.29, 1.82) is 0 Å². The first-order valence-corrected chi connectivity index (χ1v) is 10.7. The van der Waals surface area contributed by atoms with Gasteiger partial charge in [0.15, 0.2) is 5.75 Å². The molecule has 18 nitrogen and oxygen atoms in total. The highest BCUT2D eigenvalue weighted by atomic mass is 17.1. The van der Waals surface area contributed by atoms with E-state index in [0.29, 0.717) is 0 Å². The number of nitrogens with two attached hydrogens (primary N) is 2. The Balaban J connectivity index is 2.15. The summed E-state index contributed by atoms with van der Waals surface area (Å²) >= 11 is 0. The molecule has 210 valence electrons. The molecule has 0 aliphatic carbocycles. The van der Waals surface area contributed by atoms with Gasteiger partial charge >= 0.3 is 5.97 Å². The summed E-state index contributed by atoms with van der Waals surface area (Å²) in [6.45, 7) is -0.446. The Hall–Kier alpha value is -3.17. The molecule has 0 radical (unpaired) electrons. The summed E-state index contributed by atoms with van der Waals surface area (Å²) in [7, 11) is 0. The average molecular weight is 537 g/mol. The lowest BCUT2D eigenvalue weighted by Crippen LogP contribution is -2.32. The molecule has 0 saturated heterocycles. The molecule has 0 spiro atoms. The minimum Gasteiger partial charge on any atom is -0.505 e. The Labute approximate surface area is 210 Å². The number of hydrogen-bond acceptors (Lipinski definition) is 16. The number of esters is 1. The summed E-state index contributed by atoms with van der Waals surface area (Å²) < 4.78 is 15.3. The zero-order valence-electron chi connectivity index (χ0n) is 19.6. The number of benzene rings is 1. The molecule has 0 aliphatic heterocycles. The Kier molecular flexibility index (Phi) is 14.9. The van der Waals surface area contributed by atoms with E-state index in [4.69, 9.17) is 46.5 Å². The maximum Gasteiger partial charge on any atom is 0.337 e. The molecule has 1 rings (SSSR count). The van der Waals surface area contributed by atoms with Crippen LogP contribution in [0, 0.1) is 0 Å². The Morgan fingerprint density at radius 1 is 1.03 bits per heavy atom. The quantitative estimate of drug-likeness (QED) is 0.0254. The van der Waals surface area contributed by atoms with Crippen molar-refractivity contribution in [3.05, 3.63) is 17.7 Å². The first-order valence-electron chi connectivity index (χ1n) is 10.7. The number of phenols is 1. The summed E-state index contributed by atoms with van der Waals surface area (Å²) in [5.41, 5.74) is 10.1. The number of hydrogen-bond donors (Lipinski definition) is 8. The topological polar surface area (TPSA) is 269 Å². The predicted octanol–water partition coefficient (Wildman–Crippen LogP) is -1.31. The van der Waals surface area contributed by atoms with Gasteiger partial charge in [0.1, 0.15) is 30.6 Å². The van der Waals surface area contributed by atoms with Gasteiger partial charge in [0.2, 0.25) is 5.91 Å². The van der Waals surface area contributed by atoms with Gasteiger partial charge in [-0.15, -0.1) is 0 Å². The number of amides is 2. The second-order valence-corrected chi connectivity index (χ2v) is 7.15. The molecule has 0 saturated carbocycles. The van der Waals surface area contributed by atoms with E-state index in [2.05, 4.69) is 15.0 Å². The van der Waals surface area contributed by atoms with Gasteiger partial charge in [0.05, 0.1) is 36.3 Å². The molecule has 1 aromatic carbocycles. The van der Waals surface area contributed by atoms with E-state index in [0.717, 1.165) is 0 Å². The fraction of sp³-hybridized carbons (Fsp3) is 0.526. The zero-order chi connectivity index (χ0) is 27.8. The predicted molar refractivity (Wildman–Crippen MR) is 117 cm³/mol. The fourth-order valence-corrected chi connectivity index (χ4v) is 2.73. The molecule has 2 amide bonds. The molecular formula is C19H31N5O13. The molecule has 0 fully saturated rings. The number of nitrogens with one attached hydrogen (secondary N) is 1. The third-order valence-electron chi connectivity index (χ3n) is 4.35. The molecule has 10 N–H and O–H groups in total. The van der Waals surface area contributed by atoms with Gasteiger partial charge in [-0.25, -0.2) is 14.5 Å². The number of nitrogen functional groups attached to an aromatic ring is 1. The van der Waals surface area contributed by atoms with Crippen molar-refractivity contribution in [2.45, 2.75) is 25.4 Å². The van der Waals surface area contributed by atoms with Crippen LogP contribution in [0.5, 0.6) is 11.5 Å². The molecule has 0 heterocycles. The molecule has 0 aliphatic rings. The van der Waals surface area contributed by atoms with Gasteiger partial charge in [0.25, 0.3) is 5.91 Å². The highest BCUT2D eigenvalue weighted by Crippen LogP contribution is 2.32. The van der Waals surface area contributed by atoms with E-state index in [1.165, 1.54) is 12.1 Å². The summed E-state index contributed by atoms with van der Waals surface area (Å²) in [5, 5.41) is 45.6. The number of rotatable bonds is 19. The fourth-order valence-electron chi connectivity index (χ4n) is 2.73. The lowest BCUT2D eigenvalue weighted by molar-refractivity contribution is -0.527. The van der Waals surface area contributed by atoms with E-state index < -0.39 is 53.3 Å². The minimum absolute atomic E-state index is 0.0218. The van der Waals surface area contributed by atoms with Crippen molar-refractivity contribution in [2.75, 3.05) is 45.3 Å². The molecule has 37 heavy (non-hydrogen) atoms. The third kappa shape index (κ3) is 13.6. The number of nitrogens with zero attached hydrogens (tertiary/aromatic N) is 2. The highest BCUT2D eigenvalue weighted by molar-refractivity contribution is 6.00. The smallest absolute Gasteiger partial charge is 0.337 e. The standard InChI is InChI=1S/C19H31N5O13/c20-13-4-5-14(17(18(13)27)19(21)28)36-16(26)11-34-9-8-33-7-6-22-15(25)3-1-2-12(37-24(31)32)10-35-23(29)30/h4-5,12,27,29-32H,1-3,6-11,20H2,(H2,21,28)(H,22,25). The van der Waals surface area contributed by atoms with Crippen LogP contribution in [-0.4, -0.2) is 100 Å². The van der Waals surface area contributed by atoms with Crippen LogP contribution in [0.15, 0.2) is 12.1 Å². The van der Waals surface area contributed by atoms with Crippen LogP contribution >= 0.6 is 0 Å². The van der Waals surface area contributed by atoms with Crippen LogP contribution in [0.4, 0.5) is 5.69 Å². The highest BCUT2D eigenvalue weighted by Gasteiger charge is 2.20. The molecule has 1 unspecified atom stereocenters. The van der Waals surface area contributed by atoms with Gasteiger partial charge in [-0.2, -0.15) is 0 Å². The van der Waals surface area contributed by atoms with Gasteiger partial charge in [-0.3, -0.25) is 30.4 Å². The van der Waals surface area contributed by atoms with E-state index >= 15 is 0 Å². The number of carbonyl (C=O) groups is 3. The first kappa shape index (κ1) is 31.9. The van der Waals surface area contributed by atoms with Crippen molar-refractivity contribution in [1.82, 2.24) is 16.1 Å². The molecule has 0 aromatic heterocycles. The van der Waals surface area contributed by atoms with Crippen molar-refractivity contribution in [3.8, 4) is 11.5 Å². The van der Waals surface area contributed by atoms with Crippen LogP contribution in [0.2, 0.25) is 0 Å². The Morgan fingerprint density at radius 2 is 1.73 bits per heavy atom. The molecule has 1 aromatic rings. The summed E-state index contributed by atoms with van der Waals surface area (Å²) in [5.74, 6) is -3.06. The molecule has 1 atom stereocenters. The zero-order valence-corrected chi connectivity index (χ0v) is 19.6. The second kappa shape index (κ2) is 17.3. The Bertz CT molecular complexity index is 871. The average Bonchev–Trinajstić information content (AvgIpc) is 2.80. The maximum absolute atomic E-state index is 11.9. The normalized spacial score (nSPS) is 12.1. The third-order valence-corrected chi connectivity index (χ3v) is 4.35. The van der Waals surface area contributed by atoms with Gasteiger partial charge in [-0.05, 0) is 25.0 Å². The number of anilines is 1. The van der Waals surface area contributed by atoms with Crippen LogP contribution in [0.1, 0.15) is 29.6 Å². The van der Waals surface area contributed by atoms with E-state index in [9.17, 15) is 19.5 Å². The first-order chi connectivity index (χ1) is 17.5. The number of primary amides is 1. The summed E-state index contributed by atoms with van der Waals surface area (Å²) in [6, 6.07) is 2.45. The number of ether oxygens (including phenoxy) is 3. The van der Waals surface area contributed by atoms with Crippen LogP contribution < -0.4 is 21.5 Å². The van der Waals surface area contributed by atoms with Crippen molar-refractivity contribution < 1.29 is 64.2 Å².